The molecule has 1 atom stereocenters. The second-order valence-corrected chi connectivity index (χ2v) is 3.72. The number of aromatic nitrogens is 3. The number of primary amides is 1. The fourth-order valence-electron chi connectivity index (χ4n) is 1.23. The lowest BCUT2D eigenvalue weighted by Crippen LogP contribution is -2.47. The van der Waals surface area contributed by atoms with Crippen LogP contribution in [0.1, 0.15) is 12.2 Å². The molecule has 0 unspecified atom stereocenters. The Labute approximate surface area is 108 Å². The zero-order valence-electron chi connectivity index (χ0n) is 10.2. The first-order chi connectivity index (χ1) is 8.88. The number of hydrogen-bond acceptors (Lipinski definition) is 5. The van der Waals surface area contributed by atoms with E-state index in [0.717, 1.165) is 0 Å². The zero-order chi connectivity index (χ0) is 14.4. The van der Waals surface area contributed by atoms with E-state index in [0.29, 0.717) is 5.82 Å². The summed E-state index contributed by atoms with van der Waals surface area (Å²) in [6.45, 7) is 0.0373. The van der Waals surface area contributed by atoms with Gasteiger partial charge in [-0.25, -0.2) is 14.6 Å². The minimum Gasteiger partial charge on any atom is -0.480 e. The van der Waals surface area contributed by atoms with Crippen LogP contribution in [0.5, 0.6) is 0 Å². The Morgan fingerprint density at radius 3 is 2.68 bits per heavy atom. The minimum atomic E-state index is -1.37. The second kappa shape index (κ2) is 6.33. The lowest BCUT2D eigenvalue weighted by atomic mass is 10.2. The highest BCUT2D eigenvalue weighted by Gasteiger charge is 2.21. The Morgan fingerprint density at radius 2 is 2.21 bits per heavy atom. The average Bonchev–Trinajstić information content (AvgIpc) is 2.71. The van der Waals surface area contributed by atoms with Crippen LogP contribution in [0.25, 0.3) is 0 Å². The number of aryl methyl sites for hydroxylation is 1. The summed E-state index contributed by atoms with van der Waals surface area (Å²) in [5.74, 6) is -1.79. The molecular weight excluding hydrogens is 256 g/mol. The van der Waals surface area contributed by atoms with Gasteiger partial charge in [0.1, 0.15) is 12.4 Å². The van der Waals surface area contributed by atoms with Crippen LogP contribution < -0.4 is 16.4 Å². The van der Waals surface area contributed by atoms with Gasteiger partial charge in [-0.05, 0) is 0 Å². The first-order valence-electron chi connectivity index (χ1n) is 5.28. The molecule has 1 rings (SSSR count). The maximum Gasteiger partial charge on any atom is 0.326 e. The highest BCUT2D eigenvalue weighted by atomic mass is 16.4. The predicted octanol–water partition coefficient (Wildman–Crippen LogP) is -2.06. The largest absolute Gasteiger partial charge is 0.480 e. The molecule has 10 heteroatoms. The Bertz CT molecular complexity index is 485. The molecule has 1 aromatic heterocycles. The molecule has 5 N–H and O–H groups in total. The third kappa shape index (κ3) is 5.02. The van der Waals surface area contributed by atoms with Gasteiger partial charge in [0, 0.05) is 7.05 Å². The molecule has 0 radical (unpaired) electrons. The molecule has 1 heterocycles. The number of nitrogens with two attached hydrogens (primary N) is 1. The molecule has 0 aliphatic rings. The van der Waals surface area contributed by atoms with E-state index >= 15 is 0 Å². The zero-order valence-corrected chi connectivity index (χ0v) is 10.2. The normalized spacial score (nSPS) is 11.6. The maximum absolute atomic E-state index is 11.4. The Kier molecular flexibility index (Phi) is 4.80. The van der Waals surface area contributed by atoms with Crippen molar-refractivity contribution in [3.8, 4) is 0 Å². The number of hydrogen-bond donors (Lipinski definition) is 4. The van der Waals surface area contributed by atoms with Gasteiger partial charge in [-0.3, -0.25) is 9.48 Å². The number of carbonyl (C=O) groups is 3. The molecule has 0 bridgehead atoms. The SMILES string of the molecule is Cn1cnc(CNC(=O)N[C@@H](CC(N)=O)C(=O)O)n1. The highest BCUT2D eigenvalue weighted by molar-refractivity contribution is 5.87. The smallest absolute Gasteiger partial charge is 0.326 e. The van der Waals surface area contributed by atoms with Gasteiger partial charge in [-0.1, -0.05) is 0 Å². The van der Waals surface area contributed by atoms with Gasteiger partial charge >= 0.3 is 12.0 Å². The minimum absolute atomic E-state index is 0.0373. The molecular formula is C9H14N6O4. The van der Waals surface area contributed by atoms with Crippen molar-refractivity contribution in [3.05, 3.63) is 12.2 Å². The first-order valence-corrected chi connectivity index (χ1v) is 5.28. The average molecular weight is 270 g/mol. The van der Waals surface area contributed by atoms with Crippen LogP contribution >= 0.6 is 0 Å². The lowest BCUT2D eigenvalue weighted by Gasteiger charge is -2.12. The van der Waals surface area contributed by atoms with Crippen molar-refractivity contribution in [2.75, 3.05) is 0 Å². The molecule has 0 saturated carbocycles. The van der Waals surface area contributed by atoms with E-state index in [9.17, 15) is 14.4 Å². The van der Waals surface area contributed by atoms with Gasteiger partial charge in [0.15, 0.2) is 5.82 Å². The van der Waals surface area contributed by atoms with Crippen molar-refractivity contribution >= 4 is 17.9 Å². The molecule has 19 heavy (non-hydrogen) atoms. The van der Waals surface area contributed by atoms with Crippen LogP contribution in [0.2, 0.25) is 0 Å². The van der Waals surface area contributed by atoms with Crippen LogP contribution in [0, 0.1) is 0 Å². The van der Waals surface area contributed by atoms with Crippen LogP contribution in [0.4, 0.5) is 4.79 Å². The maximum atomic E-state index is 11.4. The van der Waals surface area contributed by atoms with Crippen LogP contribution in [-0.4, -0.2) is 43.8 Å². The quantitative estimate of drug-likeness (QED) is 0.466. The summed E-state index contributed by atoms with van der Waals surface area (Å²) in [5.41, 5.74) is 4.88. The molecule has 104 valence electrons. The molecule has 0 spiro atoms. The molecule has 10 nitrogen and oxygen atoms in total. The summed E-state index contributed by atoms with van der Waals surface area (Å²) in [6, 6.07) is -2.12. The van der Waals surface area contributed by atoms with Crippen molar-refractivity contribution in [2.45, 2.75) is 19.0 Å². The number of nitrogens with one attached hydrogen (secondary N) is 2. The van der Waals surface area contributed by atoms with Crippen molar-refractivity contribution in [2.24, 2.45) is 12.8 Å². The van der Waals surface area contributed by atoms with E-state index < -0.39 is 30.4 Å². The van der Waals surface area contributed by atoms with Crippen LogP contribution in [0.15, 0.2) is 6.33 Å². The van der Waals surface area contributed by atoms with Gasteiger partial charge in [0.05, 0.1) is 13.0 Å². The van der Waals surface area contributed by atoms with Gasteiger partial charge in [-0.15, -0.1) is 0 Å². The summed E-state index contributed by atoms with van der Waals surface area (Å²) in [5, 5.41) is 17.2. The summed E-state index contributed by atoms with van der Waals surface area (Å²) in [4.78, 5) is 36.7. The number of amides is 3. The van der Waals surface area contributed by atoms with E-state index in [1.54, 1.807) is 7.05 Å². The fraction of sp³-hybridized carbons (Fsp3) is 0.444. The van der Waals surface area contributed by atoms with E-state index in [-0.39, 0.29) is 6.54 Å². The molecule has 0 saturated heterocycles. The highest BCUT2D eigenvalue weighted by Crippen LogP contribution is 1.92. The van der Waals surface area contributed by atoms with Crippen LogP contribution in [0.3, 0.4) is 0 Å². The van der Waals surface area contributed by atoms with Gasteiger partial charge in [0.25, 0.3) is 0 Å². The van der Waals surface area contributed by atoms with Gasteiger partial charge < -0.3 is 21.5 Å². The first kappa shape index (κ1) is 14.4. The Hall–Kier alpha value is -2.65. The molecule has 1 aromatic rings. The monoisotopic (exact) mass is 270 g/mol. The molecule has 0 aromatic carbocycles. The van der Waals surface area contributed by atoms with Crippen LogP contribution in [-0.2, 0) is 23.2 Å². The van der Waals surface area contributed by atoms with Gasteiger partial charge in [0.2, 0.25) is 5.91 Å². The van der Waals surface area contributed by atoms with Crippen molar-refractivity contribution < 1.29 is 19.5 Å². The third-order valence-corrected chi connectivity index (χ3v) is 2.06. The Balaban J connectivity index is 2.44. The number of carboxylic acid groups (broad SMARTS) is 1. The molecule has 0 fully saturated rings. The van der Waals surface area contributed by atoms with Crippen molar-refractivity contribution in [3.63, 3.8) is 0 Å². The topological polar surface area (TPSA) is 152 Å². The molecule has 0 aliphatic carbocycles. The van der Waals surface area contributed by atoms with Crippen molar-refractivity contribution in [1.82, 2.24) is 25.4 Å². The summed E-state index contributed by atoms with van der Waals surface area (Å²) in [7, 11) is 1.67. The van der Waals surface area contributed by atoms with E-state index in [1.807, 2.05) is 0 Å². The number of aliphatic carboxylic acids is 1. The second-order valence-electron chi connectivity index (χ2n) is 3.72. The summed E-state index contributed by atoms with van der Waals surface area (Å²) >= 11 is 0. The number of rotatable bonds is 6. The van der Waals surface area contributed by atoms with Gasteiger partial charge in [-0.2, -0.15) is 5.10 Å². The fourth-order valence-corrected chi connectivity index (χ4v) is 1.23. The standard InChI is InChI=1S/C9H14N6O4/c1-15-4-12-7(14-15)3-11-9(19)13-5(8(17)18)2-6(10)16/h4-5H,2-3H2,1H3,(H2,10,16)(H,17,18)(H2,11,13,19)/t5-/m0/s1. The van der Waals surface area contributed by atoms with E-state index in [4.69, 9.17) is 10.8 Å². The van der Waals surface area contributed by atoms with Crippen molar-refractivity contribution in [1.29, 1.82) is 0 Å². The van der Waals surface area contributed by atoms with E-state index in [1.165, 1.54) is 11.0 Å². The summed E-state index contributed by atoms with van der Waals surface area (Å²) in [6.07, 6.45) is 0.979. The third-order valence-electron chi connectivity index (χ3n) is 2.06. The lowest BCUT2D eigenvalue weighted by molar-refractivity contribution is -0.140. The molecule has 3 amide bonds. The number of urea groups is 1. The van der Waals surface area contributed by atoms with E-state index in [2.05, 4.69) is 20.7 Å². The molecule has 0 aliphatic heterocycles. The number of carboxylic acids is 1. The Morgan fingerprint density at radius 1 is 1.53 bits per heavy atom. The summed E-state index contributed by atoms with van der Waals surface area (Å²) < 4.78 is 1.46. The predicted molar refractivity (Wildman–Crippen MR) is 61.6 cm³/mol. The number of nitrogens with zero attached hydrogens (tertiary/aromatic N) is 3. The number of carbonyl (C=O) groups excluding carboxylic acids is 2.